The molecule has 0 radical (unpaired) electrons. The molecule has 2 heteroatoms. The van der Waals surface area contributed by atoms with Crippen LogP contribution in [-0.2, 0) is 5.41 Å². The summed E-state index contributed by atoms with van der Waals surface area (Å²) in [5, 5.41) is 2.56. The second kappa shape index (κ2) is 14.4. The van der Waals surface area contributed by atoms with Crippen molar-refractivity contribution in [3.8, 4) is 44.5 Å². The fourth-order valence-electron chi connectivity index (χ4n) is 10.1. The fraction of sp³-hybridized carbons (Fsp3) is 0.0169. The summed E-state index contributed by atoms with van der Waals surface area (Å²) in [5.74, 6) is 0. The number of rotatable bonds is 6. The quantitative estimate of drug-likeness (QED) is 0.165. The highest BCUT2D eigenvalue weighted by molar-refractivity contribution is 7.99. The van der Waals surface area contributed by atoms with E-state index < -0.39 is 5.41 Å². The molecule has 0 N–H and O–H groups in total. The SMILES string of the molecule is c1ccc(-c2ccc(N(c3ccc4c(c3)C3(c5ccccc5Sc5ccc6ccccc6c53)c3ccccc3-4)c3ccc(-c4ccccc4)cc3-c3ccccc3)cc2)cc1. The van der Waals surface area contributed by atoms with E-state index >= 15 is 0 Å². The van der Waals surface area contributed by atoms with Crippen LogP contribution in [0.2, 0.25) is 0 Å². The molecule has 0 saturated carbocycles. The monoisotopic (exact) mass is 793 g/mol. The predicted molar refractivity (Wildman–Crippen MR) is 256 cm³/mol. The number of nitrogens with zero attached hydrogens (tertiary/aromatic N) is 1. The molecule has 1 nitrogen and oxygen atoms in total. The van der Waals surface area contributed by atoms with Gasteiger partial charge < -0.3 is 4.90 Å². The topological polar surface area (TPSA) is 3.24 Å². The first-order chi connectivity index (χ1) is 30.3. The van der Waals surface area contributed by atoms with E-state index in [9.17, 15) is 0 Å². The minimum Gasteiger partial charge on any atom is -0.310 e. The molecule has 0 fully saturated rings. The van der Waals surface area contributed by atoms with Crippen molar-refractivity contribution < 1.29 is 0 Å². The molecule has 12 rings (SSSR count). The van der Waals surface area contributed by atoms with Crippen LogP contribution in [0.5, 0.6) is 0 Å². The highest BCUT2D eigenvalue weighted by Gasteiger charge is 2.51. The average molecular weight is 794 g/mol. The lowest BCUT2D eigenvalue weighted by Gasteiger charge is -2.41. The van der Waals surface area contributed by atoms with Crippen molar-refractivity contribution in [2.75, 3.05) is 4.90 Å². The normalized spacial score (nSPS) is 14.6. The Kier molecular flexibility index (Phi) is 8.40. The Balaban J connectivity index is 1.15. The first kappa shape index (κ1) is 35.5. The maximum atomic E-state index is 2.51. The summed E-state index contributed by atoms with van der Waals surface area (Å²) in [6, 6.07) is 87.4. The van der Waals surface area contributed by atoms with Crippen molar-refractivity contribution in [1.82, 2.24) is 0 Å². The Bertz CT molecular complexity index is 3270. The number of hydrogen-bond donors (Lipinski definition) is 0. The molecule has 61 heavy (non-hydrogen) atoms. The van der Waals surface area contributed by atoms with Crippen LogP contribution in [0, 0.1) is 0 Å². The Hall–Kier alpha value is -7.39. The van der Waals surface area contributed by atoms with Gasteiger partial charge in [0.15, 0.2) is 0 Å². The van der Waals surface area contributed by atoms with E-state index in [2.05, 4.69) is 241 Å². The van der Waals surface area contributed by atoms with Crippen LogP contribution in [-0.4, -0.2) is 0 Å². The molecule has 1 heterocycles. The van der Waals surface area contributed by atoms with Crippen molar-refractivity contribution >= 4 is 39.6 Å². The molecule has 0 aromatic heterocycles. The second-order valence-corrected chi connectivity index (χ2v) is 17.1. The summed E-state index contributed by atoms with van der Waals surface area (Å²) >= 11 is 1.90. The zero-order chi connectivity index (χ0) is 40.3. The van der Waals surface area contributed by atoms with Crippen LogP contribution in [0.25, 0.3) is 55.3 Å². The summed E-state index contributed by atoms with van der Waals surface area (Å²) in [5.41, 5.74) is 17.8. The fourth-order valence-corrected chi connectivity index (χ4v) is 11.3. The second-order valence-electron chi connectivity index (χ2n) is 16.0. The third kappa shape index (κ3) is 5.64. The maximum absolute atomic E-state index is 2.51. The van der Waals surface area contributed by atoms with Crippen LogP contribution in [0.15, 0.2) is 246 Å². The maximum Gasteiger partial charge on any atom is 0.0742 e. The molecule has 1 spiro atoms. The van der Waals surface area contributed by atoms with E-state index in [4.69, 9.17) is 0 Å². The van der Waals surface area contributed by atoms with Gasteiger partial charge in [0.05, 0.1) is 11.1 Å². The lowest BCUT2D eigenvalue weighted by Crippen LogP contribution is -2.32. The molecule has 0 saturated heterocycles. The van der Waals surface area contributed by atoms with Crippen LogP contribution in [0.3, 0.4) is 0 Å². The minimum absolute atomic E-state index is 0.539. The van der Waals surface area contributed by atoms with Crippen LogP contribution < -0.4 is 4.90 Å². The summed E-state index contributed by atoms with van der Waals surface area (Å²) in [6.07, 6.45) is 0. The van der Waals surface area contributed by atoms with Gasteiger partial charge in [-0.15, -0.1) is 0 Å². The minimum atomic E-state index is -0.539. The third-order valence-corrected chi connectivity index (χ3v) is 13.9. The Morgan fingerprint density at radius 1 is 0.328 bits per heavy atom. The van der Waals surface area contributed by atoms with Gasteiger partial charge in [-0.1, -0.05) is 200 Å². The highest BCUT2D eigenvalue weighted by Crippen LogP contribution is 2.64. The standard InChI is InChI=1S/C59H39NS/c1-4-16-40(17-5-1)42-28-32-46(33-29-42)60(55-36-30-45(41-18-6-2-7-19-41)38-51(55)43-20-8-3-9-21-43)47-34-35-50-49-24-12-13-25-52(49)59(54(50)39-47)53-26-14-15-27-56(53)61-57-37-31-44-22-10-11-23-48(44)58(57)59/h1-39H. The molecule has 0 amide bonds. The Morgan fingerprint density at radius 2 is 0.902 bits per heavy atom. The number of anilines is 3. The van der Waals surface area contributed by atoms with E-state index in [1.165, 1.54) is 87.3 Å². The van der Waals surface area contributed by atoms with E-state index in [-0.39, 0.29) is 0 Å². The van der Waals surface area contributed by atoms with Gasteiger partial charge in [-0.05, 0) is 121 Å². The molecule has 10 aromatic carbocycles. The number of benzene rings is 10. The summed E-state index contributed by atoms with van der Waals surface area (Å²) in [6.45, 7) is 0. The Labute approximate surface area is 361 Å². The van der Waals surface area contributed by atoms with Crippen molar-refractivity contribution in [1.29, 1.82) is 0 Å². The summed E-state index contributed by atoms with van der Waals surface area (Å²) in [4.78, 5) is 5.09. The molecule has 1 unspecified atom stereocenters. The molecule has 286 valence electrons. The molecule has 2 aliphatic rings. The molecular formula is C59H39NS. The van der Waals surface area contributed by atoms with Crippen LogP contribution >= 0.6 is 11.8 Å². The number of hydrogen-bond acceptors (Lipinski definition) is 2. The first-order valence-electron chi connectivity index (χ1n) is 21.0. The molecule has 1 atom stereocenters. The van der Waals surface area contributed by atoms with Gasteiger partial charge in [0.2, 0.25) is 0 Å². The lowest BCUT2D eigenvalue weighted by molar-refractivity contribution is 0.730. The van der Waals surface area contributed by atoms with Gasteiger partial charge >= 0.3 is 0 Å². The molecule has 0 bridgehead atoms. The summed E-state index contributed by atoms with van der Waals surface area (Å²) < 4.78 is 0. The van der Waals surface area contributed by atoms with Crippen molar-refractivity contribution in [2.24, 2.45) is 0 Å². The lowest BCUT2D eigenvalue weighted by atomic mass is 9.66. The van der Waals surface area contributed by atoms with Gasteiger partial charge in [-0.2, -0.15) is 0 Å². The van der Waals surface area contributed by atoms with E-state index in [1.54, 1.807) is 0 Å². The predicted octanol–water partition coefficient (Wildman–Crippen LogP) is 16.1. The van der Waals surface area contributed by atoms with Crippen molar-refractivity contribution in [3.05, 3.63) is 259 Å². The molecule has 10 aromatic rings. The van der Waals surface area contributed by atoms with Gasteiger partial charge in [0, 0.05) is 26.7 Å². The Morgan fingerprint density at radius 3 is 1.67 bits per heavy atom. The van der Waals surface area contributed by atoms with Crippen molar-refractivity contribution in [2.45, 2.75) is 15.2 Å². The average Bonchev–Trinajstić information content (AvgIpc) is 3.62. The molecular weight excluding hydrogens is 755 g/mol. The largest absolute Gasteiger partial charge is 0.310 e. The van der Waals surface area contributed by atoms with Gasteiger partial charge in [0.25, 0.3) is 0 Å². The third-order valence-electron chi connectivity index (χ3n) is 12.7. The smallest absolute Gasteiger partial charge is 0.0742 e. The van der Waals surface area contributed by atoms with E-state index in [1.807, 2.05) is 11.8 Å². The molecule has 1 aliphatic heterocycles. The summed E-state index contributed by atoms with van der Waals surface area (Å²) in [7, 11) is 0. The van der Waals surface area contributed by atoms with Gasteiger partial charge in [-0.3, -0.25) is 0 Å². The first-order valence-corrected chi connectivity index (χ1v) is 21.8. The zero-order valence-electron chi connectivity index (χ0n) is 33.4. The number of fused-ring (bicyclic) bond motifs is 11. The van der Waals surface area contributed by atoms with Crippen LogP contribution in [0.4, 0.5) is 17.1 Å². The van der Waals surface area contributed by atoms with Gasteiger partial charge in [-0.25, -0.2) is 0 Å². The van der Waals surface area contributed by atoms with Crippen LogP contribution in [0.1, 0.15) is 22.3 Å². The van der Waals surface area contributed by atoms with E-state index in [0.29, 0.717) is 0 Å². The molecule has 1 aliphatic carbocycles. The highest BCUT2D eigenvalue weighted by atomic mass is 32.2. The van der Waals surface area contributed by atoms with Gasteiger partial charge in [0.1, 0.15) is 0 Å². The van der Waals surface area contributed by atoms with E-state index in [0.717, 1.165) is 17.1 Å². The zero-order valence-corrected chi connectivity index (χ0v) is 34.2. The van der Waals surface area contributed by atoms with Crippen molar-refractivity contribution in [3.63, 3.8) is 0 Å².